The molecule has 3 saturated heterocycles. The zero-order valence-corrected chi connectivity index (χ0v) is 19.2. The lowest BCUT2D eigenvalue weighted by atomic mass is 9.75. The van der Waals surface area contributed by atoms with Crippen LogP contribution < -0.4 is 10.2 Å². The highest BCUT2D eigenvalue weighted by Gasteiger charge is 2.74. The van der Waals surface area contributed by atoms with E-state index >= 15 is 0 Å². The van der Waals surface area contributed by atoms with Gasteiger partial charge in [0.2, 0.25) is 17.7 Å². The summed E-state index contributed by atoms with van der Waals surface area (Å²) in [4.78, 5) is 45.4. The minimum atomic E-state index is -1.13. The Bertz CT molecular complexity index is 1450. The molecular formula is C28H25N3O3. The maximum atomic E-state index is 14.1. The smallest absolute Gasteiger partial charge is 0.250 e. The summed E-state index contributed by atoms with van der Waals surface area (Å²) in [5, 5.41) is 5.13. The summed E-state index contributed by atoms with van der Waals surface area (Å²) in [6.45, 7) is 4.72. The molecule has 4 heterocycles. The number of fused-ring (bicyclic) bond motifs is 8. The van der Waals surface area contributed by atoms with Gasteiger partial charge in [-0.2, -0.15) is 0 Å². The third-order valence-corrected chi connectivity index (χ3v) is 8.43. The normalized spacial score (nSPS) is 29.8. The van der Waals surface area contributed by atoms with Gasteiger partial charge in [-0.1, -0.05) is 48.0 Å². The van der Waals surface area contributed by atoms with Crippen LogP contribution in [0.2, 0.25) is 0 Å². The Morgan fingerprint density at radius 3 is 2.56 bits per heavy atom. The largest absolute Gasteiger partial charge is 0.324 e. The molecule has 0 saturated carbocycles. The fourth-order valence-electron chi connectivity index (χ4n) is 7.23. The lowest BCUT2D eigenvalue weighted by Crippen LogP contribution is -2.54. The molecule has 3 fully saturated rings. The van der Waals surface area contributed by atoms with Crippen molar-refractivity contribution >= 4 is 39.9 Å². The minimum absolute atomic E-state index is 0.107. The predicted octanol–water partition coefficient (Wildman–Crippen LogP) is 3.89. The Kier molecular flexibility index (Phi) is 3.83. The summed E-state index contributed by atoms with van der Waals surface area (Å²) < 4.78 is 0. The Balaban J connectivity index is 1.43. The van der Waals surface area contributed by atoms with E-state index in [1.807, 2.05) is 62.4 Å². The number of nitrogens with zero attached hydrogens (tertiary/aromatic N) is 2. The second-order valence-electron chi connectivity index (χ2n) is 10.2. The molecule has 4 aliphatic rings. The number of imide groups is 1. The number of nitrogens with one attached hydrogen (secondary N) is 1. The van der Waals surface area contributed by atoms with Gasteiger partial charge in [0.1, 0.15) is 5.54 Å². The van der Waals surface area contributed by atoms with Gasteiger partial charge in [0, 0.05) is 17.3 Å². The second kappa shape index (κ2) is 6.54. The maximum absolute atomic E-state index is 14.1. The molecule has 3 aromatic carbocycles. The molecule has 0 bridgehead atoms. The van der Waals surface area contributed by atoms with Gasteiger partial charge >= 0.3 is 0 Å². The third kappa shape index (κ3) is 2.22. The topological polar surface area (TPSA) is 69.7 Å². The molecule has 4 aliphatic heterocycles. The number of hydrogen-bond acceptors (Lipinski definition) is 4. The maximum Gasteiger partial charge on any atom is 0.250 e. The van der Waals surface area contributed by atoms with E-state index in [4.69, 9.17) is 0 Å². The van der Waals surface area contributed by atoms with Crippen LogP contribution in [0.25, 0.3) is 10.8 Å². The molecule has 34 heavy (non-hydrogen) atoms. The van der Waals surface area contributed by atoms with Crippen molar-refractivity contribution in [3.63, 3.8) is 0 Å². The van der Waals surface area contributed by atoms with Crippen molar-refractivity contribution < 1.29 is 14.4 Å². The fraction of sp³-hybridized carbons (Fsp3) is 0.321. The van der Waals surface area contributed by atoms with Gasteiger partial charge in [0.25, 0.3) is 0 Å². The highest BCUT2D eigenvalue weighted by molar-refractivity contribution is 6.26. The van der Waals surface area contributed by atoms with Crippen LogP contribution >= 0.6 is 0 Å². The lowest BCUT2D eigenvalue weighted by molar-refractivity contribution is -0.135. The van der Waals surface area contributed by atoms with Gasteiger partial charge in [-0.3, -0.25) is 19.3 Å². The van der Waals surface area contributed by atoms with E-state index < -0.39 is 17.4 Å². The molecule has 1 N–H and O–H groups in total. The summed E-state index contributed by atoms with van der Waals surface area (Å²) in [5.74, 6) is -1.85. The Labute approximate surface area is 197 Å². The Morgan fingerprint density at radius 1 is 0.941 bits per heavy atom. The van der Waals surface area contributed by atoms with Crippen LogP contribution in [0.3, 0.4) is 0 Å². The first-order valence-electron chi connectivity index (χ1n) is 12.0. The van der Waals surface area contributed by atoms with Crippen LogP contribution in [0.5, 0.6) is 0 Å². The first-order valence-corrected chi connectivity index (χ1v) is 12.0. The minimum Gasteiger partial charge on any atom is -0.324 e. The molecule has 170 valence electrons. The monoisotopic (exact) mass is 451 g/mol. The zero-order valence-electron chi connectivity index (χ0n) is 19.2. The molecule has 0 radical (unpaired) electrons. The summed E-state index contributed by atoms with van der Waals surface area (Å²) >= 11 is 0. The van der Waals surface area contributed by atoms with Crippen molar-refractivity contribution in [2.75, 3.05) is 16.8 Å². The standard InChI is InChI=1S/C28H25N3O3/c1-15-12-16(2)24-20(13-15)28(27(34)29-24)23-22(21-8-5-11-30(21)28)25(32)31(26(23)33)19-10-9-17-6-3-4-7-18(17)14-19/h3-4,6-7,9-10,12-14,21-23H,5,8,11H2,1-2H3,(H,29,34)/t21-,22-,23+,28+/m1/s1. The lowest BCUT2D eigenvalue weighted by Gasteiger charge is -2.36. The molecule has 3 aromatic rings. The van der Waals surface area contributed by atoms with Crippen molar-refractivity contribution in [3.8, 4) is 0 Å². The van der Waals surface area contributed by atoms with Gasteiger partial charge in [-0.05, 0) is 61.7 Å². The number of rotatable bonds is 1. The van der Waals surface area contributed by atoms with E-state index in [-0.39, 0.29) is 23.8 Å². The number of amides is 3. The molecule has 7 rings (SSSR count). The van der Waals surface area contributed by atoms with Crippen LogP contribution in [-0.2, 0) is 19.9 Å². The average molecular weight is 452 g/mol. The molecular weight excluding hydrogens is 426 g/mol. The van der Waals surface area contributed by atoms with E-state index in [1.54, 1.807) is 0 Å². The molecule has 3 amide bonds. The van der Waals surface area contributed by atoms with E-state index in [0.29, 0.717) is 12.2 Å². The number of aryl methyl sites for hydroxylation is 2. The van der Waals surface area contributed by atoms with Gasteiger partial charge in [-0.25, -0.2) is 4.90 Å². The van der Waals surface area contributed by atoms with Crippen molar-refractivity contribution in [3.05, 3.63) is 71.3 Å². The quantitative estimate of drug-likeness (QED) is 0.570. The van der Waals surface area contributed by atoms with Crippen LogP contribution in [0, 0.1) is 25.7 Å². The summed E-state index contributed by atoms with van der Waals surface area (Å²) in [7, 11) is 0. The third-order valence-electron chi connectivity index (χ3n) is 8.43. The van der Waals surface area contributed by atoms with Gasteiger partial charge < -0.3 is 5.32 Å². The van der Waals surface area contributed by atoms with Crippen molar-refractivity contribution in [1.29, 1.82) is 0 Å². The molecule has 1 spiro atoms. The first kappa shape index (κ1) is 19.9. The number of benzene rings is 3. The van der Waals surface area contributed by atoms with E-state index in [1.165, 1.54) is 4.90 Å². The number of carbonyl (C=O) groups is 3. The summed E-state index contributed by atoms with van der Waals surface area (Å²) in [6, 6.07) is 17.6. The first-order chi connectivity index (χ1) is 16.4. The number of carbonyl (C=O) groups excluding carboxylic acids is 3. The SMILES string of the molecule is Cc1cc(C)c2c(c1)[C@@]1(C(=O)N2)[C@@H]2C(=O)N(c3ccc4ccccc4c3)C(=O)[C@@H]2[C@H]2CCCN21. The van der Waals surface area contributed by atoms with Crippen molar-refractivity contribution in [2.45, 2.75) is 38.3 Å². The van der Waals surface area contributed by atoms with Gasteiger partial charge in [-0.15, -0.1) is 0 Å². The molecule has 6 nitrogen and oxygen atoms in total. The molecule has 4 atom stereocenters. The van der Waals surface area contributed by atoms with Crippen LogP contribution in [0.15, 0.2) is 54.6 Å². The highest BCUT2D eigenvalue weighted by atomic mass is 16.2. The Morgan fingerprint density at radius 2 is 1.74 bits per heavy atom. The van der Waals surface area contributed by atoms with Crippen molar-refractivity contribution in [1.82, 2.24) is 4.90 Å². The molecule has 0 aliphatic carbocycles. The summed E-state index contributed by atoms with van der Waals surface area (Å²) in [6.07, 6.45) is 1.74. The van der Waals surface area contributed by atoms with E-state index in [0.717, 1.165) is 46.0 Å². The van der Waals surface area contributed by atoms with Crippen LogP contribution in [0.4, 0.5) is 11.4 Å². The molecule has 0 unspecified atom stereocenters. The van der Waals surface area contributed by atoms with Gasteiger partial charge in [0.05, 0.1) is 17.5 Å². The van der Waals surface area contributed by atoms with Crippen LogP contribution in [-0.4, -0.2) is 35.2 Å². The van der Waals surface area contributed by atoms with E-state index in [9.17, 15) is 14.4 Å². The fourth-order valence-corrected chi connectivity index (χ4v) is 7.23. The second-order valence-corrected chi connectivity index (χ2v) is 10.2. The number of anilines is 2. The van der Waals surface area contributed by atoms with Gasteiger partial charge in [0.15, 0.2) is 0 Å². The average Bonchev–Trinajstić information content (AvgIpc) is 3.52. The van der Waals surface area contributed by atoms with Crippen LogP contribution in [0.1, 0.15) is 29.5 Å². The molecule has 6 heteroatoms. The summed E-state index contributed by atoms with van der Waals surface area (Å²) in [5.41, 5.74) is 3.15. The zero-order chi connectivity index (χ0) is 23.4. The van der Waals surface area contributed by atoms with Crippen molar-refractivity contribution in [2.24, 2.45) is 11.8 Å². The predicted molar refractivity (Wildman–Crippen MR) is 129 cm³/mol. The Hall–Kier alpha value is -3.51. The van der Waals surface area contributed by atoms with E-state index in [2.05, 4.69) is 16.3 Å². The highest BCUT2D eigenvalue weighted by Crippen LogP contribution is 2.61. The molecule has 0 aromatic heterocycles. The number of hydrogen-bond donors (Lipinski definition) is 1.